The number of hydrogen-bond acceptors (Lipinski definition) is 6. The molecule has 0 saturated carbocycles. The molecule has 8 heteroatoms. The fraction of sp³-hybridized carbons (Fsp3) is 0.524. The molecule has 0 unspecified atom stereocenters. The number of benzene rings is 1. The highest BCUT2D eigenvalue weighted by Crippen LogP contribution is 2.40. The molecule has 2 aliphatic heterocycles. The van der Waals surface area contributed by atoms with E-state index in [4.69, 9.17) is 14.5 Å². The Kier molecular flexibility index (Phi) is 5.35. The third kappa shape index (κ3) is 3.65. The first-order valence-corrected chi connectivity index (χ1v) is 11.4. The average Bonchev–Trinajstić information content (AvgIpc) is 2.74. The number of sulfonamides is 1. The Morgan fingerprint density at radius 2 is 2.00 bits per heavy atom. The summed E-state index contributed by atoms with van der Waals surface area (Å²) in [6, 6.07) is 6.51. The van der Waals surface area contributed by atoms with E-state index in [1.807, 2.05) is 6.20 Å². The monoisotopic (exact) mass is 417 g/mol. The van der Waals surface area contributed by atoms with Crippen molar-refractivity contribution in [3.63, 3.8) is 0 Å². The molecule has 1 atom stereocenters. The smallest absolute Gasteiger partial charge is 0.243 e. The van der Waals surface area contributed by atoms with E-state index in [1.54, 1.807) is 31.4 Å². The van der Waals surface area contributed by atoms with E-state index in [2.05, 4.69) is 18.8 Å². The molecule has 0 bridgehead atoms. The minimum Gasteiger partial charge on any atom is -0.497 e. The maximum absolute atomic E-state index is 13.3. The number of methoxy groups -OCH3 is 1. The van der Waals surface area contributed by atoms with Gasteiger partial charge in [-0.3, -0.25) is 0 Å². The molecular weight excluding hydrogens is 390 g/mol. The molecule has 0 N–H and O–H groups in total. The quantitative estimate of drug-likeness (QED) is 0.761. The predicted octanol–water partition coefficient (Wildman–Crippen LogP) is 2.86. The Morgan fingerprint density at radius 1 is 1.24 bits per heavy atom. The van der Waals surface area contributed by atoms with Crippen LogP contribution >= 0.6 is 0 Å². The molecule has 0 aliphatic carbocycles. The fourth-order valence-electron chi connectivity index (χ4n) is 4.10. The number of fused-ring (bicyclic) bond motifs is 2. The van der Waals surface area contributed by atoms with E-state index in [9.17, 15) is 8.42 Å². The summed E-state index contributed by atoms with van der Waals surface area (Å²) >= 11 is 0. The van der Waals surface area contributed by atoms with Gasteiger partial charge in [0, 0.05) is 25.2 Å². The molecule has 3 heterocycles. The lowest BCUT2D eigenvalue weighted by molar-refractivity contribution is -0.0936. The Morgan fingerprint density at radius 3 is 2.69 bits per heavy atom. The Hall–Kier alpha value is -2.03. The van der Waals surface area contributed by atoms with Gasteiger partial charge in [0.05, 0.1) is 24.3 Å². The van der Waals surface area contributed by atoms with Gasteiger partial charge in [-0.25, -0.2) is 18.4 Å². The van der Waals surface area contributed by atoms with Crippen LogP contribution in [0.25, 0.3) is 0 Å². The van der Waals surface area contributed by atoms with Gasteiger partial charge in [0.25, 0.3) is 0 Å². The summed E-state index contributed by atoms with van der Waals surface area (Å²) in [7, 11) is -2.08. The van der Waals surface area contributed by atoms with Gasteiger partial charge in [-0.2, -0.15) is 4.31 Å². The van der Waals surface area contributed by atoms with Crippen molar-refractivity contribution in [1.82, 2.24) is 14.3 Å². The van der Waals surface area contributed by atoms with Gasteiger partial charge in [-0.1, -0.05) is 13.8 Å². The van der Waals surface area contributed by atoms with Crippen LogP contribution in [0, 0.1) is 0 Å². The molecule has 0 radical (unpaired) electrons. The van der Waals surface area contributed by atoms with Gasteiger partial charge in [0.2, 0.25) is 10.0 Å². The molecule has 1 aromatic carbocycles. The average molecular weight is 418 g/mol. The van der Waals surface area contributed by atoms with Crippen molar-refractivity contribution in [3.8, 4) is 5.75 Å². The number of hydrogen-bond donors (Lipinski definition) is 0. The maximum Gasteiger partial charge on any atom is 0.243 e. The topological polar surface area (TPSA) is 81.6 Å². The van der Waals surface area contributed by atoms with Gasteiger partial charge in [0.1, 0.15) is 17.2 Å². The first-order valence-electron chi connectivity index (χ1n) is 10.0. The number of rotatable bonds is 4. The molecule has 1 fully saturated rings. The van der Waals surface area contributed by atoms with Crippen molar-refractivity contribution in [2.24, 2.45) is 0 Å². The van der Waals surface area contributed by atoms with Gasteiger partial charge in [-0.05, 0) is 49.1 Å². The first-order chi connectivity index (χ1) is 13.9. The number of piperidine rings is 1. The van der Waals surface area contributed by atoms with E-state index >= 15 is 0 Å². The number of nitrogens with zero attached hydrogens (tertiary/aromatic N) is 3. The van der Waals surface area contributed by atoms with Gasteiger partial charge in [-0.15, -0.1) is 0 Å². The van der Waals surface area contributed by atoms with Crippen molar-refractivity contribution < 1.29 is 17.9 Å². The van der Waals surface area contributed by atoms with Crippen LogP contribution in [0.3, 0.4) is 0 Å². The molecule has 7 nitrogen and oxygen atoms in total. The van der Waals surface area contributed by atoms with E-state index in [1.165, 1.54) is 4.31 Å². The van der Waals surface area contributed by atoms with E-state index in [0.717, 1.165) is 36.3 Å². The van der Waals surface area contributed by atoms with E-state index in [0.29, 0.717) is 18.9 Å². The molecule has 1 aromatic heterocycles. The summed E-state index contributed by atoms with van der Waals surface area (Å²) in [5.74, 6) is 1.59. The summed E-state index contributed by atoms with van der Waals surface area (Å²) in [4.78, 5) is 9.58. The molecule has 2 aromatic rings. The summed E-state index contributed by atoms with van der Waals surface area (Å²) in [5, 5.41) is 0. The molecular formula is C21H27N3O4S. The van der Waals surface area contributed by atoms with Crippen molar-refractivity contribution in [1.29, 1.82) is 0 Å². The van der Waals surface area contributed by atoms with E-state index in [-0.39, 0.29) is 17.4 Å². The lowest BCUT2D eigenvalue weighted by Gasteiger charge is -2.44. The zero-order chi connectivity index (χ0) is 20.6. The van der Waals surface area contributed by atoms with Crippen molar-refractivity contribution >= 4 is 10.0 Å². The fourth-order valence-corrected chi connectivity index (χ4v) is 5.62. The zero-order valence-electron chi connectivity index (χ0n) is 17.1. The molecule has 1 spiro atoms. The number of ether oxygens (including phenoxy) is 2. The second-order valence-electron chi connectivity index (χ2n) is 7.97. The van der Waals surface area contributed by atoms with Crippen molar-refractivity contribution in [3.05, 3.63) is 47.5 Å². The lowest BCUT2D eigenvalue weighted by atomic mass is 9.85. The Labute approximate surface area is 172 Å². The second-order valence-corrected chi connectivity index (χ2v) is 9.91. The normalized spacial score (nSPS) is 22.6. The molecule has 4 rings (SSSR count). The molecule has 1 saturated heterocycles. The lowest BCUT2D eigenvalue weighted by Crippen LogP contribution is -2.52. The van der Waals surface area contributed by atoms with Crippen LogP contribution in [-0.4, -0.2) is 49.5 Å². The summed E-state index contributed by atoms with van der Waals surface area (Å²) in [6.07, 6.45) is 4.11. The highest BCUT2D eigenvalue weighted by atomic mass is 32.2. The first kappa shape index (κ1) is 20.3. The summed E-state index contributed by atoms with van der Waals surface area (Å²) in [6.45, 7) is 5.40. The number of aromatic nitrogens is 2. The van der Waals surface area contributed by atoms with Crippen LogP contribution < -0.4 is 4.74 Å². The highest BCUT2D eigenvalue weighted by Gasteiger charge is 2.46. The Balaban J connectivity index is 1.69. The SMILES string of the molecule is COc1ccc(S(=O)(=O)N2CCC[C@]3(C2)OCCc2cnc(C(C)C)nc23)cc1. The minimum absolute atomic E-state index is 0.196. The minimum atomic E-state index is -3.64. The van der Waals surface area contributed by atoms with Crippen molar-refractivity contribution in [2.75, 3.05) is 26.8 Å². The van der Waals surface area contributed by atoms with E-state index < -0.39 is 15.6 Å². The van der Waals surface area contributed by atoms with Crippen LogP contribution in [0.5, 0.6) is 5.75 Å². The Bertz CT molecular complexity index is 991. The van der Waals surface area contributed by atoms with Gasteiger partial charge in [0.15, 0.2) is 0 Å². The molecule has 156 valence electrons. The molecule has 2 aliphatic rings. The summed E-state index contributed by atoms with van der Waals surface area (Å²) in [5.41, 5.74) is 1.21. The molecule has 29 heavy (non-hydrogen) atoms. The summed E-state index contributed by atoms with van der Waals surface area (Å²) < 4.78 is 39.5. The van der Waals surface area contributed by atoms with Crippen molar-refractivity contribution in [2.45, 2.75) is 49.5 Å². The van der Waals surface area contributed by atoms with Gasteiger partial charge < -0.3 is 9.47 Å². The third-order valence-electron chi connectivity index (χ3n) is 5.70. The highest BCUT2D eigenvalue weighted by molar-refractivity contribution is 7.89. The molecule has 0 amide bonds. The second kappa shape index (κ2) is 7.66. The van der Waals surface area contributed by atoms with Crippen LogP contribution in [-0.2, 0) is 26.8 Å². The van der Waals surface area contributed by atoms with Crippen LogP contribution in [0.15, 0.2) is 35.4 Å². The predicted molar refractivity (Wildman–Crippen MR) is 108 cm³/mol. The van der Waals surface area contributed by atoms with Crippen LogP contribution in [0.2, 0.25) is 0 Å². The maximum atomic E-state index is 13.3. The third-order valence-corrected chi connectivity index (χ3v) is 7.56. The standard InChI is InChI=1S/C21H27N3O4S/c1-15(2)20-22-13-16-9-12-28-21(19(16)23-20)10-4-11-24(14-21)29(25,26)18-7-5-17(27-3)6-8-18/h5-8,13,15H,4,9-12,14H2,1-3H3/t21-/m1/s1. The van der Waals surface area contributed by atoms with Gasteiger partial charge >= 0.3 is 0 Å². The van der Waals surface area contributed by atoms with Crippen LogP contribution in [0.1, 0.15) is 49.7 Å². The largest absolute Gasteiger partial charge is 0.497 e. The zero-order valence-corrected chi connectivity index (χ0v) is 17.9. The van der Waals surface area contributed by atoms with Crippen LogP contribution in [0.4, 0.5) is 0 Å².